The predicted molar refractivity (Wildman–Crippen MR) is 79.6 cm³/mol. The van der Waals surface area contributed by atoms with Gasteiger partial charge in [-0.25, -0.2) is 4.98 Å². The Morgan fingerprint density at radius 1 is 1.32 bits per heavy atom. The highest BCUT2D eigenvalue weighted by atomic mass is 16.5. The topological polar surface area (TPSA) is 37.4 Å². The average molecular weight is 265 g/mol. The number of aryl methyl sites for hydroxylation is 1. The number of hydrogen-bond acceptors (Lipinski definition) is 4. The summed E-state index contributed by atoms with van der Waals surface area (Å²) in [5, 5.41) is 3.40. The SMILES string of the molecule is CCCNCc1cc(C)nc(OCCCN(C)C)c1. The van der Waals surface area contributed by atoms with Crippen LogP contribution in [0.25, 0.3) is 0 Å². The molecule has 0 radical (unpaired) electrons. The molecule has 1 aromatic heterocycles. The van der Waals surface area contributed by atoms with E-state index < -0.39 is 0 Å². The Morgan fingerprint density at radius 2 is 2.11 bits per heavy atom. The van der Waals surface area contributed by atoms with E-state index in [9.17, 15) is 0 Å². The molecule has 0 fully saturated rings. The maximum atomic E-state index is 5.72. The second kappa shape index (κ2) is 8.88. The van der Waals surface area contributed by atoms with Crippen LogP contribution in [-0.4, -0.2) is 43.7 Å². The van der Waals surface area contributed by atoms with E-state index in [1.165, 1.54) is 5.56 Å². The molecule has 0 atom stereocenters. The van der Waals surface area contributed by atoms with Gasteiger partial charge >= 0.3 is 0 Å². The second-order valence-corrected chi connectivity index (χ2v) is 5.14. The van der Waals surface area contributed by atoms with Crippen LogP contribution in [0.2, 0.25) is 0 Å². The quantitative estimate of drug-likeness (QED) is 0.695. The van der Waals surface area contributed by atoms with Gasteiger partial charge in [-0.15, -0.1) is 0 Å². The first-order chi connectivity index (χ1) is 9.11. The molecule has 0 bridgehead atoms. The van der Waals surface area contributed by atoms with Crippen molar-refractivity contribution in [3.8, 4) is 5.88 Å². The molecule has 0 aliphatic rings. The van der Waals surface area contributed by atoms with Gasteiger partial charge in [0.05, 0.1) is 6.61 Å². The molecule has 0 amide bonds. The highest BCUT2D eigenvalue weighted by Gasteiger charge is 2.01. The Kier molecular flexibility index (Phi) is 7.45. The summed E-state index contributed by atoms with van der Waals surface area (Å²) >= 11 is 0. The minimum absolute atomic E-state index is 0.719. The fraction of sp³-hybridized carbons (Fsp3) is 0.667. The van der Waals surface area contributed by atoms with Crippen LogP contribution < -0.4 is 10.1 Å². The van der Waals surface area contributed by atoms with Crippen molar-refractivity contribution in [1.82, 2.24) is 15.2 Å². The molecule has 0 aliphatic carbocycles. The number of nitrogens with one attached hydrogen (secondary N) is 1. The molecule has 4 heteroatoms. The summed E-state index contributed by atoms with van der Waals surface area (Å²) in [6.45, 7) is 7.86. The van der Waals surface area contributed by atoms with Crippen molar-refractivity contribution in [3.05, 3.63) is 23.4 Å². The Labute approximate surface area is 117 Å². The van der Waals surface area contributed by atoms with E-state index in [4.69, 9.17) is 4.74 Å². The largest absolute Gasteiger partial charge is 0.478 e. The summed E-state index contributed by atoms with van der Waals surface area (Å²) in [6, 6.07) is 4.14. The first-order valence-electron chi connectivity index (χ1n) is 7.07. The third-order valence-electron chi connectivity index (χ3n) is 2.75. The molecule has 19 heavy (non-hydrogen) atoms. The summed E-state index contributed by atoms with van der Waals surface area (Å²) in [7, 11) is 4.14. The molecule has 0 saturated heterocycles. The molecule has 1 aromatic rings. The lowest BCUT2D eigenvalue weighted by Crippen LogP contribution is -2.16. The van der Waals surface area contributed by atoms with E-state index in [1.807, 2.05) is 13.0 Å². The maximum absolute atomic E-state index is 5.72. The Morgan fingerprint density at radius 3 is 2.79 bits per heavy atom. The number of pyridine rings is 1. The summed E-state index contributed by atoms with van der Waals surface area (Å²) in [5.41, 5.74) is 2.25. The molecule has 108 valence electrons. The van der Waals surface area contributed by atoms with Crippen molar-refractivity contribution in [1.29, 1.82) is 0 Å². The van der Waals surface area contributed by atoms with E-state index in [2.05, 4.69) is 42.3 Å². The van der Waals surface area contributed by atoms with Gasteiger partial charge in [-0.3, -0.25) is 0 Å². The van der Waals surface area contributed by atoms with Crippen LogP contribution >= 0.6 is 0 Å². The standard InChI is InChI=1S/C15H27N3O/c1-5-7-16-12-14-10-13(2)17-15(11-14)19-9-6-8-18(3)4/h10-11,16H,5-9,12H2,1-4H3. The van der Waals surface area contributed by atoms with Gasteiger partial charge in [0.15, 0.2) is 0 Å². The van der Waals surface area contributed by atoms with Gasteiger partial charge in [0, 0.05) is 24.8 Å². The monoisotopic (exact) mass is 265 g/mol. The Hall–Kier alpha value is -1.13. The highest BCUT2D eigenvalue weighted by molar-refractivity contribution is 5.24. The van der Waals surface area contributed by atoms with E-state index in [1.54, 1.807) is 0 Å². The van der Waals surface area contributed by atoms with E-state index in [-0.39, 0.29) is 0 Å². The molecule has 1 heterocycles. The van der Waals surface area contributed by atoms with Crippen LogP contribution in [0.15, 0.2) is 12.1 Å². The molecule has 1 N–H and O–H groups in total. The van der Waals surface area contributed by atoms with E-state index in [0.29, 0.717) is 0 Å². The first-order valence-corrected chi connectivity index (χ1v) is 7.07. The lowest BCUT2D eigenvalue weighted by atomic mass is 10.2. The van der Waals surface area contributed by atoms with Crippen LogP contribution in [0.4, 0.5) is 0 Å². The average Bonchev–Trinajstić information content (AvgIpc) is 2.34. The van der Waals surface area contributed by atoms with Gasteiger partial charge in [0.1, 0.15) is 0 Å². The summed E-state index contributed by atoms with van der Waals surface area (Å²) < 4.78 is 5.72. The van der Waals surface area contributed by atoms with Gasteiger partial charge in [-0.1, -0.05) is 6.92 Å². The fourth-order valence-electron chi connectivity index (χ4n) is 1.85. The number of aromatic nitrogens is 1. The molecular formula is C15H27N3O. The zero-order chi connectivity index (χ0) is 14.1. The molecule has 4 nitrogen and oxygen atoms in total. The zero-order valence-corrected chi connectivity index (χ0v) is 12.7. The van der Waals surface area contributed by atoms with Crippen LogP contribution in [0.3, 0.4) is 0 Å². The molecule has 1 rings (SSSR count). The summed E-state index contributed by atoms with van der Waals surface area (Å²) in [4.78, 5) is 6.57. The fourth-order valence-corrected chi connectivity index (χ4v) is 1.85. The van der Waals surface area contributed by atoms with Crippen LogP contribution in [0.1, 0.15) is 31.0 Å². The normalized spacial score (nSPS) is 11.0. The van der Waals surface area contributed by atoms with Gasteiger partial charge < -0.3 is 15.0 Å². The van der Waals surface area contributed by atoms with Crippen molar-refractivity contribution in [2.45, 2.75) is 33.2 Å². The maximum Gasteiger partial charge on any atom is 0.213 e. The Bertz CT molecular complexity index is 366. The molecule has 0 aliphatic heterocycles. The van der Waals surface area contributed by atoms with Crippen molar-refractivity contribution in [3.63, 3.8) is 0 Å². The van der Waals surface area contributed by atoms with Gasteiger partial charge in [-0.2, -0.15) is 0 Å². The van der Waals surface area contributed by atoms with Crippen molar-refractivity contribution >= 4 is 0 Å². The third-order valence-corrected chi connectivity index (χ3v) is 2.75. The molecule has 0 unspecified atom stereocenters. The van der Waals surface area contributed by atoms with Gasteiger partial charge in [0.2, 0.25) is 5.88 Å². The third kappa shape index (κ3) is 7.13. The molecular weight excluding hydrogens is 238 g/mol. The summed E-state index contributed by atoms with van der Waals surface area (Å²) in [5.74, 6) is 0.743. The zero-order valence-electron chi connectivity index (χ0n) is 12.7. The smallest absolute Gasteiger partial charge is 0.213 e. The van der Waals surface area contributed by atoms with E-state index >= 15 is 0 Å². The molecule has 0 aromatic carbocycles. The van der Waals surface area contributed by atoms with Crippen molar-refractivity contribution in [2.24, 2.45) is 0 Å². The number of hydrogen-bond donors (Lipinski definition) is 1. The van der Waals surface area contributed by atoms with Crippen LogP contribution in [0.5, 0.6) is 5.88 Å². The van der Waals surface area contributed by atoms with Gasteiger partial charge in [-0.05, 0) is 52.0 Å². The molecule has 0 spiro atoms. The van der Waals surface area contributed by atoms with Crippen molar-refractivity contribution < 1.29 is 4.74 Å². The minimum atomic E-state index is 0.719. The predicted octanol–water partition coefficient (Wildman–Crippen LogP) is 2.22. The number of rotatable bonds is 9. The van der Waals surface area contributed by atoms with Gasteiger partial charge in [0.25, 0.3) is 0 Å². The summed E-state index contributed by atoms with van der Waals surface area (Å²) in [6.07, 6.45) is 2.17. The minimum Gasteiger partial charge on any atom is -0.478 e. The van der Waals surface area contributed by atoms with Crippen LogP contribution in [0, 0.1) is 6.92 Å². The van der Waals surface area contributed by atoms with Crippen LogP contribution in [-0.2, 0) is 6.54 Å². The lowest BCUT2D eigenvalue weighted by molar-refractivity contribution is 0.272. The van der Waals surface area contributed by atoms with E-state index in [0.717, 1.165) is 50.7 Å². The van der Waals surface area contributed by atoms with Crippen molar-refractivity contribution in [2.75, 3.05) is 33.8 Å². The highest BCUT2D eigenvalue weighted by Crippen LogP contribution is 2.12. The number of nitrogens with zero attached hydrogens (tertiary/aromatic N) is 2. The Balaban J connectivity index is 2.44. The first kappa shape index (κ1) is 15.9. The lowest BCUT2D eigenvalue weighted by Gasteiger charge is -2.11. The molecule has 0 saturated carbocycles. The number of ether oxygens (including phenoxy) is 1. The second-order valence-electron chi connectivity index (χ2n) is 5.14.